The maximum atomic E-state index is 9.29. The summed E-state index contributed by atoms with van der Waals surface area (Å²) >= 11 is 0. The first-order valence-electron chi connectivity index (χ1n) is 5.65. The zero-order valence-corrected chi connectivity index (χ0v) is 9.71. The summed E-state index contributed by atoms with van der Waals surface area (Å²) in [5.41, 5.74) is -0.148. The molecule has 0 amide bonds. The van der Waals surface area contributed by atoms with Crippen LogP contribution in [0.5, 0.6) is 0 Å². The van der Waals surface area contributed by atoms with Crippen molar-refractivity contribution >= 4 is 0 Å². The van der Waals surface area contributed by atoms with Crippen molar-refractivity contribution < 1.29 is 5.11 Å². The Bertz CT molecular complexity index is 165. The molecular weight excluding hydrogens is 176 g/mol. The molecule has 0 aliphatic heterocycles. The van der Waals surface area contributed by atoms with Crippen LogP contribution in [-0.4, -0.2) is 48.8 Å². The predicted molar refractivity (Wildman–Crippen MR) is 59.4 cm³/mol. The van der Waals surface area contributed by atoms with Crippen molar-refractivity contribution in [2.24, 2.45) is 5.92 Å². The molecule has 1 saturated carbocycles. The Labute approximate surface area is 87.5 Å². The van der Waals surface area contributed by atoms with Crippen molar-refractivity contribution in [3.8, 4) is 0 Å². The molecule has 0 bridgehead atoms. The van der Waals surface area contributed by atoms with E-state index in [2.05, 4.69) is 24.1 Å². The molecule has 1 unspecified atom stereocenters. The standard InChI is InChI=1S/C11H24N2O/c1-4-13(7-10-5-6-10)8-11(2,9-14)12-3/h10,12,14H,4-9H2,1-3H3. The van der Waals surface area contributed by atoms with Crippen LogP contribution in [-0.2, 0) is 0 Å². The van der Waals surface area contributed by atoms with E-state index in [-0.39, 0.29) is 12.1 Å². The van der Waals surface area contributed by atoms with Gasteiger partial charge in [-0.15, -0.1) is 0 Å². The fourth-order valence-electron chi connectivity index (χ4n) is 1.67. The minimum Gasteiger partial charge on any atom is -0.394 e. The molecule has 14 heavy (non-hydrogen) atoms. The summed E-state index contributed by atoms with van der Waals surface area (Å²) in [4.78, 5) is 2.43. The van der Waals surface area contributed by atoms with Gasteiger partial charge in [-0.2, -0.15) is 0 Å². The molecule has 1 atom stereocenters. The van der Waals surface area contributed by atoms with Crippen LogP contribution < -0.4 is 5.32 Å². The molecule has 0 radical (unpaired) electrons. The number of aliphatic hydroxyl groups is 1. The molecule has 0 aromatic heterocycles. The lowest BCUT2D eigenvalue weighted by molar-refractivity contribution is 0.126. The van der Waals surface area contributed by atoms with Gasteiger partial charge in [0.05, 0.1) is 12.1 Å². The molecule has 0 aromatic carbocycles. The molecular formula is C11H24N2O. The van der Waals surface area contributed by atoms with Gasteiger partial charge in [0, 0.05) is 13.1 Å². The summed E-state index contributed by atoms with van der Waals surface area (Å²) in [6, 6.07) is 0. The fourth-order valence-corrected chi connectivity index (χ4v) is 1.67. The highest BCUT2D eigenvalue weighted by atomic mass is 16.3. The summed E-state index contributed by atoms with van der Waals surface area (Å²) < 4.78 is 0. The zero-order valence-electron chi connectivity index (χ0n) is 9.71. The third-order valence-corrected chi connectivity index (χ3v) is 3.19. The smallest absolute Gasteiger partial charge is 0.0623 e. The summed E-state index contributed by atoms with van der Waals surface area (Å²) in [7, 11) is 1.92. The number of likely N-dealkylation sites (N-methyl/N-ethyl adjacent to an activating group) is 2. The molecule has 2 N–H and O–H groups in total. The van der Waals surface area contributed by atoms with Gasteiger partial charge < -0.3 is 15.3 Å². The molecule has 84 valence electrons. The Hall–Kier alpha value is -0.120. The highest BCUT2D eigenvalue weighted by Gasteiger charge is 2.28. The molecule has 1 rings (SSSR count). The predicted octanol–water partition coefficient (Wildman–Crippen LogP) is 0.689. The van der Waals surface area contributed by atoms with Gasteiger partial charge in [0.1, 0.15) is 0 Å². The molecule has 0 heterocycles. The highest BCUT2D eigenvalue weighted by Crippen LogP contribution is 2.29. The Balaban J connectivity index is 2.35. The van der Waals surface area contributed by atoms with Gasteiger partial charge in [0.25, 0.3) is 0 Å². The number of hydrogen-bond donors (Lipinski definition) is 2. The van der Waals surface area contributed by atoms with Crippen molar-refractivity contribution in [1.82, 2.24) is 10.2 Å². The largest absolute Gasteiger partial charge is 0.394 e. The molecule has 0 spiro atoms. The first-order chi connectivity index (χ1) is 6.63. The van der Waals surface area contributed by atoms with E-state index in [0.29, 0.717) is 0 Å². The van der Waals surface area contributed by atoms with E-state index in [1.807, 2.05) is 7.05 Å². The molecule has 3 nitrogen and oxygen atoms in total. The van der Waals surface area contributed by atoms with Crippen molar-refractivity contribution in [1.29, 1.82) is 0 Å². The third-order valence-electron chi connectivity index (χ3n) is 3.19. The topological polar surface area (TPSA) is 35.5 Å². The van der Waals surface area contributed by atoms with Crippen LogP contribution in [0.3, 0.4) is 0 Å². The van der Waals surface area contributed by atoms with E-state index in [1.54, 1.807) is 0 Å². The molecule has 0 saturated heterocycles. The number of rotatable bonds is 7. The van der Waals surface area contributed by atoms with Gasteiger partial charge in [-0.25, -0.2) is 0 Å². The van der Waals surface area contributed by atoms with Crippen LogP contribution in [0.1, 0.15) is 26.7 Å². The van der Waals surface area contributed by atoms with E-state index in [4.69, 9.17) is 0 Å². The third kappa shape index (κ3) is 3.56. The lowest BCUT2D eigenvalue weighted by Gasteiger charge is -2.33. The summed E-state index contributed by atoms with van der Waals surface area (Å²) in [6.45, 7) is 7.68. The van der Waals surface area contributed by atoms with Crippen molar-refractivity contribution in [2.45, 2.75) is 32.2 Å². The second-order valence-electron chi connectivity index (χ2n) is 4.74. The second kappa shape index (κ2) is 5.10. The van der Waals surface area contributed by atoms with Crippen LogP contribution in [0.15, 0.2) is 0 Å². The van der Waals surface area contributed by atoms with Gasteiger partial charge >= 0.3 is 0 Å². The number of nitrogens with zero attached hydrogens (tertiary/aromatic N) is 1. The minimum absolute atomic E-state index is 0.148. The van der Waals surface area contributed by atoms with E-state index in [0.717, 1.165) is 19.0 Å². The van der Waals surface area contributed by atoms with Crippen molar-refractivity contribution in [2.75, 3.05) is 33.3 Å². The maximum Gasteiger partial charge on any atom is 0.0623 e. The van der Waals surface area contributed by atoms with Gasteiger partial charge in [-0.05, 0) is 39.3 Å². The Morgan fingerprint density at radius 1 is 1.50 bits per heavy atom. The van der Waals surface area contributed by atoms with Gasteiger partial charge in [0.2, 0.25) is 0 Å². The number of nitrogens with one attached hydrogen (secondary N) is 1. The quantitative estimate of drug-likeness (QED) is 0.634. The first kappa shape index (κ1) is 12.0. The summed E-state index contributed by atoms with van der Waals surface area (Å²) in [5, 5.41) is 12.5. The van der Waals surface area contributed by atoms with Crippen LogP contribution in [0.4, 0.5) is 0 Å². The maximum absolute atomic E-state index is 9.29. The van der Waals surface area contributed by atoms with Crippen LogP contribution >= 0.6 is 0 Å². The number of aliphatic hydroxyl groups excluding tert-OH is 1. The molecule has 0 aromatic rings. The van der Waals surface area contributed by atoms with Crippen LogP contribution in [0.25, 0.3) is 0 Å². The number of hydrogen-bond acceptors (Lipinski definition) is 3. The SMILES string of the molecule is CCN(CC1CC1)CC(C)(CO)NC. The van der Waals surface area contributed by atoms with Gasteiger partial charge in [-0.3, -0.25) is 0 Å². The monoisotopic (exact) mass is 200 g/mol. The highest BCUT2D eigenvalue weighted by molar-refractivity contribution is 4.86. The lowest BCUT2D eigenvalue weighted by Crippen LogP contribution is -2.52. The minimum atomic E-state index is -0.148. The molecule has 1 aliphatic carbocycles. The van der Waals surface area contributed by atoms with E-state index >= 15 is 0 Å². The van der Waals surface area contributed by atoms with Crippen molar-refractivity contribution in [3.05, 3.63) is 0 Å². The lowest BCUT2D eigenvalue weighted by atomic mass is 10.0. The van der Waals surface area contributed by atoms with Crippen LogP contribution in [0, 0.1) is 5.92 Å². The van der Waals surface area contributed by atoms with Gasteiger partial charge in [0.15, 0.2) is 0 Å². The Morgan fingerprint density at radius 3 is 2.50 bits per heavy atom. The van der Waals surface area contributed by atoms with E-state index in [9.17, 15) is 5.11 Å². The van der Waals surface area contributed by atoms with Crippen molar-refractivity contribution in [3.63, 3.8) is 0 Å². The van der Waals surface area contributed by atoms with Crippen LogP contribution in [0.2, 0.25) is 0 Å². The summed E-state index contributed by atoms with van der Waals surface area (Å²) in [5.74, 6) is 0.926. The Morgan fingerprint density at radius 2 is 2.14 bits per heavy atom. The Kier molecular flexibility index (Phi) is 4.35. The zero-order chi connectivity index (χ0) is 10.6. The molecule has 1 fully saturated rings. The average molecular weight is 200 g/mol. The second-order valence-corrected chi connectivity index (χ2v) is 4.74. The average Bonchev–Trinajstić information content (AvgIpc) is 3.00. The molecule has 3 heteroatoms. The van der Waals surface area contributed by atoms with E-state index in [1.165, 1.54) is 19.4 Å². The van der Waals surface area contributed by atoms with Gasteiger partial charge in [-0.1, -0.05) is 6.92 Å². The fraction of sp³-hybridized carbons (Fsp3) is 1.00. The summed E-state index contributed by atoms with van der Waals surface area (Å²) in [6.07, 6.45) is 2.79. The van der Waals surface area contributed by atoms with E-state index < -0.39 is 0 Å². The first-order valence-corrected chi connectivity index (χ1v) is 5.65. The molecule has 1 aliphatic rings. The normalized spacial score (nSPS) is 21.2.